The van der Waals surface area contributed by atoms with Crippen molar-refractivity contribution in [3.8, 4) is 0 Å². The quantitative estimate of drug-likeness (QED) is 0.790. The van der Waals surface area contributed by atoms with Gasteiger partial charge in [0.25, 0.3) is 0 Å². The number of piperazine rings is 1. The molecule has 0 saturated carbocycles. The molecule has 0 aliphatic carbocycles. The molecule has 1 saturated heterocycles. The highest BCUT2D eigenvalue weighted by Gasteiger charge is 2.32. The summed E-state index contributed by atoms with van der Waals surface area (Å²) in [4.78, 5) is 2.67. The molecule has 3 heteroatoms. The molecule has 1 N–H and O–H groups in total. The summed E-state index contributed by atoms with van der Waals surface area (Å²) in [6.07, 6.45) is 1.27. The first-order valence-electron chi connectivity index (χ1n) is 7.59. The molecule has 0 radical (unpaired) electrons. The summed E-state index contributed by atoms with van der Waals surface area (Å²) >= 11 is 2.37. The van der Waals surface area contributed by atoms with Crippen molar-refractivity contribution in [2.45, 2.75) is 52.2 Å². The van der Waals surface area contributed by atoms with E-state index in [2.05, 4.69) is 84.8 Å². The van der Waals surface area contributed by atoms with Gasteiger partial charge in [0.1, 0.15) is 0 Å². The van der Waals surface area contributed by atoms with Gasteiger partial charge in [-0.25, -0.2) is 0 Å². The van der Waals surface area contributed by atoms with Crippen molar-refractivity contribution in [2.75, 3.05) is 13.1 Å². The first-order chi connectivity index (χ1) is 9.35. The Kier molecular flexibility index (Phi) is 5.49. The molecule has 1 atom stereocenters. The van der Waals surface area contributed by atoms with Crippen LogP contribution in [0.5, 0.6) is 0 Å². The first-order valence-corrected chi connectivity index (χ1v) is 8.67. The molecule has 1 unspecified atom stereocenters. The lowest BCUT2D eigenvalue weighted by molar-refractivity contribution is 0.0760. The third kappa shape index (κ3) is 4.71. The Morgan fingerprint density at radius 1 is 1.30 bits per heavy atom. The van der Waals surface area contributed by atoms with E-state index in [-0.39, 0.29) is 5.54 Å². The standard InChI is InChI=1S/C17H27IN2/c1-13(2)9-16-10-19-17(3,4)12-20(16)11-14-5-7-15(18)8-6-14/h5-8,13,16,19H,9-12H2,1-4H3. The van der Waals surface area contributed by atoms with Crippen LogP contribution < -0.4 is 5.32 Å². The number of nitrogens with zero attached hydrogens (tertiary/aromatic N) is 1. The lowest BCUT2D eigenvalue weighted by atomic mass is 9.93. The fourth-order valence-corrected chi connectivity index (χ4v) is 3.36. The number of hydrogen-bond donors (Lipinski definition) is 1. The average Bonchev–Trinajstić information content (AvgIpc) is 2.35. The van der Waals surface area contributed by atoms with Crippen LogP contribution in [0.2, 0.25) is 0 Å². The summed E-state index contributed by atoms with van der Waals surface area (Å²) in [5, 5.41) is 3.70. The van der Waals surface area contributed by atoms with Crippen LogP contribution in [0, 0.1) is 9.49 Å². The minimum atomic E-state index is 0.219. The molecule has 1 heterocycles. The molecular formula is C17H27IN2. The van der Waals surface area contributed by atoms with Gasteiger partial charge >= 0.3 is 0 Å². The number of benzene rings is 1. The van der Waals surface area contributed by atoms with Crippen molar-refractivity contribution in [1.29, 1.82) is 0 Å². The van der Waals surface area contributed by atoms with Crippen molar-refractivity contribution < 1.29 is 0 Å². The van der Waals surface area contributed by atoms with E-state index in [0.29, 0.717) is 6.04 Å². The molecule has 1 fully saturated rings. The normalized spacial score (nSPS) is 23.2. The molecule has 2 rings (SSSR count). The molecule has 2 nitrogen and oxygen atoms in total. The number of nitrogens with one attached hydrogen (secondary N) is 1. The molecule has 0 aromatic heterocycles. The predicted octanol–water partition coefficient (Wildman–Crippen LogP) is 3.89. The van der Waals surface area contributed by atoms with E-state index in [1.807, 2.05) is 0 Å². The van der Waals surface area contributed by atoms with Gasteiger partial charge in [0.15, 0.2) is 0 Å². The highest BCUT2D eigenvalue weighted by molar-refractivity contribution is 14.1. The highest BCUT2D eigenvalue weighted by atomic mass is 127. The smallest absolute Gasteiger partial charge is 0.0253 e. The van der Waals surface area contributed by atoms with Gasteiger partial charge in [0.2, 0.25) is 0 Å². The van der Waals surface area contributed by atoms with Crippen LogP contribution in [-0.4, -0.2) is 29.6 Å². The van der Waals surface area contributed by atoms with Crippen molar-refractivity contribution in [3.63, 3.8) is 0 Å². The zero-order chi connectivity index (χ0) is 14.8. The number of hydrogen-bond acceptors (Lipinski definition) is 2. The monoisotopic (exact) mass is 386 g/mol. The third-order valence-corrected chi connectivity index (χ3v) is 4.69. The highest BCUT2D eigenvalue weighted by Crippen LogP contribution is 2.22. The molecule has 0 amide bonds. The number of halogens is 1. The van der Waals surface area contributed by atoms with Crippen LogP contribution in [0.4, 0.5) is 0 Å². The lowest BCUT2D eigenvalue weighted by Crippen LogP contribution is -2.61. The average molecular weight is 386 g/mol. The van der Waals surface area contributed by atoms with Gasteiger partial charge in [-0.1, -0.05) is 26.0 Å². The van der Waals surface area contributed by atoms with E-state index in [1.165, 1.54) is 15.6 Å². The van der Waals surface area contributed by atoms with Gasteiger partial charge in [-0.05, 0) is 66.5 Å². The zero-order valence-electron chi connectivity index (χ0n) is 13.1. The Hall–Kier alpha value is -0.130. The second-order valence-corrected chi connectivity index (χ2v) is 8.33. The summed E-state index contributed by atoms with van der Waals surface area (Å²) in [7, 11) is 0. The molecular weight excluding hydrogens is 359 g/mol. The van der Waals surface area contributed by atoms with Crippen molar-refractivity contribution in [1.82, 2.24) is 10.2 Å². The van der Waals surface area contributed by atoms with Crippen molar-refractivity contribution in [3.05, 3.63) is 33.4 Å². The third-order valence-electron chi connectivity index (χ3n) is 3.97. The maximum Gasteiger partial charge on any atom is 0.0253 e. The first kappa shape index (κ1) is 16.2. The maximum atomic E-state index is 3.70. The van der Waals surface area contributed by atoms with Gasteiger partial charge in [0.05, 0.1) is 0 Å². The van der Waals surface area contributed by atoms with E-state index < -0.39 is 0 Å². The van der Waals surface area contributed by atoms with Crippen LogP contribution in [-0.2, 0) is 6.54 Å². The molecule has 112 valence electrons. The van der Waals surface area contributed by atoms with E-state index in [0.717, 1.165) is 25.6 Å². The van der Waals surface area contributed by atoms with Crippen LogP contribution in [0.3, 0.4) is 0 Å². The maximum absolute atomic E-state index is 3.70. The zero-order valence-corrected chi connectivity index (χ0v) is 15.3. The molecule has 0 bridgehead atoms. The van der Waals surface area contributed by atoms with Crippen LogP contribution >= 0.6 is 22.6 Å². The van der Waals surface area contributed by atoms with Crippen molar-refractivity contribution >= 4 is 22.6 Å². The summed E-state index contributed by atoms with van der Waals surface area (Å²) < 4.78 is 1.31. The molecule has 1 aliphatic rings. The van der Waals surface area contributed by atoms with Gasteiger partial charge < -0.3 is 5.32 Å². The van der Waals surface area contributed by atoms with E-state index >= 15 is 0 Å². The minimum absolute atomic E-state index is 0.219. The van der Waals surface area contributed by atoms with Gasteiger partial charge in [-0.2, -0.15) is 0 Å². The second-order valence-electron chi connectivity index (χ2n) is 7.08. The molecule has 1 aliphatic heterocycles. The Labute approximate surface area is 137 Å². The van der Waals surface area contributed by atoms with Crippen LogP contribution in [0.25, 0.3) is 0 Å². The second kappa shape index (κ2) is 6.75. The fourth-order valence-electron chi connectivity index (χ4n) is 3.00. The van der Waals surface area contributed by atoms with Crippen LogP contribution in [0.1, 0.15) is 39.7 Å². The summed E-state index contributed by atoms with van der Waals surface area (Å²) in [5.41, 5.74) is 1.65. The molecule has 1 aromatic carbocycles. The van der Waals surface area contributed by atoms with Crippen molar-refractivity contribution in [2.24, 2.45) is 5.92 Å². The SMILES string of the molecule is CC(C)CC1CNC(C)(C)CN1Cc1ccc(I)cc1. The largest absolute Gasteiger partial charge is 0.309 e. The minimum Gasteiger partial charge on any atom is -0.309 e. The van der Waals surface area contributed by atoms with E-state index in [9.17, 15) is 0 Å². The Balaban J connectivity index is 2.08. The molecule has 20 heavy (non-hydrogen) atoms. The summed E-state index contributed by atoms with van der Waals surface area (Å²) in [6.45, 7) is 12.6. The topological polar surface area (TPSA) is 15.3 Å². The van der Waals surface area contributed by atoms with Gasteiger partial charge in [-0.3, -0.25) is 4.90 Å². The Morgan fingerprint density at radius 2 is 1.95 bits per heavy atom. The number of rotatable bonds is 4. The fraction of sp³-hybridized carbons (Fsp3) is 0.647. The lowest BCUT2D eigenvalue weighted by Gasteiger charge is -2.45. The van der Waals surface area contributed by atoms with E-state index in [1.54, 1.807) is 0 Å². The van der Waals surface area contributed by atoms with Gasteiger partial charge in [-0.15, -0.1) is 0 Å². The predicted molar refractivity (Wildman–Crippen MR) is 94.9 cm³/mol. The van der Waals surface area contributed by atoms with Crippen LogP contribution in [0.15, 0.2) is 24.3 Å². The molecule has 0 spiro atoms. The summed E-state index contributed by atoms with van der Waals surface area (Å²) in [5.74, 6) is 0.752. The molecule has 1 aromatic rings. The van der Waals surface area contributed by atoms with Gasteiger partial charge in [0, 0.05) is 34.8 Å². The Morgan fingerprint density at radius 3 is 2.55 bits per heavy atom. The Bertz CT molecular complexity index is 425. The van der Waals surface area contributed by atoms with E-state index in [4.69, 9.17) is 0 Å². The summed E-state index contributed by atoms with van der Waals surface area (Å²) in [6, 6.07) is 9.61.